The van der Waals surface area contributed by atoms with E-state index in [4.69, 9.17) is 4.74 Å². The number of rotatable bonds is 9. The highest BCUT2D eigenvalue weighted by Crippen LogP contribution is 2.10. The molecule has 0 radical (unpaired) electrons. The molecule has 0 aromatic heterocycles. The summed E-state index contributed by atoms with van der Waals surface area (Å²) < 4.78 is 4.87. The Morgan fingerprint density at radius 2 is 1.45 bits per heavy atom. The molecule has 0 saturated carbocycles. The molecule has 9 heteroatoms. The number of hydrogen-bond donors (Lipinski definition) is 3. The third-order valence-electron chi connectivity index (χ3n) is 4.08. The van der Waals surface area contributed by atoms with Crippen LogP contribution in [0.25, 0.3) is 0 Å². The Hall–Kier alpha value is -4.01. The Kier molecular flexibility index (Phi) is 8.90. The van der Waals surface area contributed by atoms with E-state index in [0.717, 1.165) is 0 Å². The molecule has 2 aromatic rings. The van der Waals surface area contributed by atoms with Gasteiger partial charge in [-0.3, -0.25) is 34.8 Å². The molecule has 9 nitrogen and oxygen atoms in total. The maximum Gasteiger partial charge on any atom is 0.306 e. The first-order chi connectivity index (χ1) is 14.8. The molecule has 0 saturated heterocycles. The molecule has 0 bridgehead atoms. The van der Waals surface area contributed by atoms with Gasteiger partial charge in [-0.2, -0.15) is 0 Å². The molecule has 162 valence electrons. The van der Waals surface area contributed by atoms with E-state index in [1.807, 2.05) is 0 Å². The molecular weight excluding hydrogens is 402 g/mol. The Balaban J connectivity index is 1.59. The maximum atomic E-state index is 11.8. The zero-order chi connectivity index (χ0) is 22.6. The Morgan fingerprint density at radius 3 is 2.10 bits per heavy atom. The molecule has 3 amide bonds. The first kappa shape index (κ1) is 23.3. The van der Waals surface area contributed by atoms with Gasteiger partial charge in [0.25, 0.3) is 11.8 Å². The average Bonchev–Trinajstić information content (AvgIpc) is 2.77. The average molecular weight is 425 g/mol. The number of hydrazine groups is 1. The lowest BCUT2D eigenvalue weighted by molar-refractivity contribution is -0.147. The molecule has 0 aliphatic heterocycles. The quantitative estimate of drug-likeness (QED) is 0.320. The second kappa shape index (κ2) is 11.9. The van der Waals surface area contributed by atoms with Crippen molar-refractivity contribution in [2.45, 2.75) is 26.2 Å². The van der Waals surface area contributed by atoms with E-state index < -0.39 is 30.3 Å². The second-order valence-corrected chi connectivity index (χ2v) is 6.56. The van der Waals surface area contributed by atoms with Crippen LogP contribution in [0.4, 0.5) is 5.69 Å². The molecule has 2 aromatic carbocycles. The largest absolute Gasteiger partial charge is 0.456 e. The standard InChI is InChI=1S/C22H23N3O6/c1-15(26)16-10-12-18(13-11-16)23-20(28)14-31-21(29)9-5-8-19(27)24-25-22(30)17-6-3-2-4-7-17/h2-4,6-7,10-13H,5,8-9,14H2,1H3,(H,23,28)(H,24,27)(H,25,30). The lowest BCUT2D eigenvalue weighted by atomic mass is 10.1. The number of esters is 1. The molecule has 0 atom stereocenters. The number of carbonyl (C=O) groups is 5. The van der Waals surface area contributed by atoms with Crippen molar-refractivity contribution < 1.29 is 28.7 Å². The minimum Gasteiger partial charge on any atom is -0.456 e. The smallest absolute Gasteiger partial charge is 0.306 e. The first-order valence-electron chi connectivity index (χ1n) is 9.56. The zero-order valence-corrected chi connectivity index (χ0v) is 17.0. The van der Waals surface area contributed by atoms with Crippen molar-refractivity contribution in [3.05, 3.63) is 65.7 Å². The third kappa shape index (κ3) is 8.48. The van der Waals surface area contributed by atoms with Crippen LogP contribution in [0.5, 0.6) is 0 Å². The van der Waals surface area contributed by atoms with E-state index in [1.165, 1.54) is 6.92 Å². The summed E-state index contributed by atoms with van der Waals surface area (Å²) in [6, 6.07) is 14.7. The number of amides is 3. The van der Waals surface area contributed by atoms with Gasteiger partial charge in [-0.05, 0) is 49.7 Å². The summed E-state index contributed by atoms with van der Waals surface area (Å²) in [5.74, 6) is -2.13. The number of hydrogen-bond acceptors (Lipinski definition) is 6. The summed E-state index contributed by atoms with van der Waals surface area (Å²) in [7, 11) is 0. The van der Waals surface area contributed by atoms with Crippen LogP contribution in [0.2, 0.25) is 0 Å². The summed E-state index contributed by atoms with van der Waals surface area (Å²) in [6.45, 7) is 0.976. The molecular formula is C22H23N3O6. The van der Waals surface area contributed by atoms with Gasteiger partial charge in [0.1, 0.15) is 0 Å². The molecule has 3 N–H and O–H groups in total. The van der Waals surface area contributed by atoms with Crippen molar-refractivity contribution >= 4 is 35.2 Å². The van der Waals surface area contributed by atoms with E-state index in [9.17, 15) is 24.0 Å². The van der Waals surface area contributed by atoms with Crippen molar-refractivity contribution in [2.24, 2.45) is 0 Å². The van der Waals surface area contributed by atoms with Crippen molar-refractivity contribution in [1.29, 1.82) is 0 Å². The molecule has 0 heterocycles. The van der Waals surface area contributed by atoms with Gasteiger partial charge in [0.05, 0.1) is 0 Å². The van der Waals surface area contributed by atoms with E-state index in [1.54, 1.807) is 54.6 Å². The first-order valence-corrected chi connectivity index (χ1v) is 9.56. The van der Waals surface area contributed by atoms with Crippen LogP contribution in [0, 0.1) is 0 Å². The van der Waals surface area contributed by atoms with E-state index >= 15 is 0 Å². The van der Waals surface area contributed by atoms with Gasteiger partial charge < -0.3 is 10.1 Å². The highest BCUT2D eigenvalue weighted by atomic mass is 16.5. The normalized spacial score (nSPS) is 9.97. The lowest BCUT2D eigenvalue weighted by Crippen LogP contribution is -2.41. The predicted molar refractivity (Wildman–Crippen MR) is 112 cm³/mol. The number of Topliss-reactive ketones (excluding diaryl/α,β-unsaturated/α-hetero) is 1. The fourth-order valence-corrected chi connectivity index (χ4v) is 2.45. The summed E-state index contributed by atoms with van der Waals surface area (Å²) in [5, 5.41) is 2.55. The molecule has 2 rings (SSSR count). The summed E-state index contributed by atoms with van der Waals surface area (Å²) >= 11 is 0. The monoisotopic (exact) mass is 425 g/mol. The van der Waals surface area contributed by atoms with Crippen LogP contribution in [0.3, 0.4) is 0 Å². The molecule has 0 fully saturated rings. The van der Waals surface area contributed by atoms with Crippen LogP contribution in [0.1, 0.15) is 46.9 Å². The molecule has 0 aliphatic rings. The van der Waals surface area contributed by atoms with E-state index in [2.05, 4.69) is 16.2 Å². The number of benzene rings is 2. The molecule has 0 aliphatic carbocycles. The maximum absolute atomic E-state index is 11.8. The summed E-state index contributed by atoms with van der Waals surface area (Å²) in [6.07, 6.45) is 0.138. The highest BCUT2D eigenvalue weighted by Gasteiger charge is 2.11. The predicted octanol–water partition coefficient (Wildman–Crippen LogP) is 2.00. The molecule has 0 spiro atoms. The van der Waals surface area contributed by atoms with Gasteiger partial charge in [0.2, 0.25) is 5.91 Å². The minimum atomic E-state index is -0.622. The van der Waals surface area contributed by atoms with Crippen molar-refractivity contribution in [2.75, 3.05) is 11.9 Å². The van der Waals surface area contributed by atoms with Gasteiger partial charge in [0.15, 0.2) is 12.4 Å². The number of nitrogens with one attached hydrogen (secondary N) is 3. The molecule has 31 heavy (non-hydrogen) atoms. The SMILES string of the molecule is CC(=O)c1ccc(NC(=O)COC(=O)CCCC(=O)NNC(=O)c2ccccc2)cc1. The van der Waals surface area contributed by atoms with Crippen LogP contribution in [-0.4, -0.2) is 36.1 Å². The zero-order valence-electron chi connectivity index (χ0n) is 17.0. The number of carbonyl (C=O) groups excluding carboxylic acids is 5. The number of anilines is 1. The Bertz CT molecular complexity index is 941. The fourth-order valence-electron chi connectivity index (χ4n) is 2.45. The number of ketones is 1. The van der Waals surface area contributed by atoms with Crippen LogP contribution < -0.4 is 16.2 Å². The summed E-state index contributed by atoms with van der Waals surface area (Å²) in [4.78, 5) is 58.3. The topological polar surface area (TPSA) is 131 Å². The third-order valence-corrected chi connectivity index (χ3v) is 4.08. The van der Waals surface area contributed by atoms with Crippen LogP contribution in [-0.2, 0) is 19.1 Å². The Morgan fingerprint density at radius 1 is 0.774 bits per heavy atom. The van der Waals surface area contributed by atoms with Crippen LogP contribution in [0.15, 0.2) is 54.6 Å². The van der Waals surface area contributed by atoms with Gasteiger partial charge >= 0.3 is 5.97 Å². The van der Waals surface area contributed by atoms with Gasteiger partial charge in [-0.1, -0.05) is 18.2 Å². The van der Waals surface area contributed by atoms with E-state index in [-0.39, 0.29) is 25.0 Å². The Labute approximate surface area is 179 Å². The van der Waals surface area contributed by atoms with Crippen LogP contribution >= 0.6 is 0 Å². The van der Waals surface area contributed by atoms with Crippen molar-refractivity contribution in [3.63, 3.8) is 0 Å². The van der Waals surface area contributed by atoms with Gasteiger partial charge in [-0.25, -0.2) is 0 Å². The minimum absolute atomic E-state index is 0.00113. The van der Waals surface area contributed by atoms with Gasteiger partial charge in [0, 0.05) is 29.7 Å². The fraction of sp³-hybridized carbons (Fsp3) is 0.227. The second-order valence-electron chi connectivity index (χ2n) is 6.56. The summed E-state index contributed by atoms with van der Waals surface area (Å²) in [5.41, 5.74) is 5.95. The van der Waals surface area contributed by atoms with Gasteiger partial charge in [-0.15, -0.1) is 0 Å². The van der Waals surface area contributed by atoms with Crippen molar-refractivity contribution in [1.82, 2.24) is 10.9 Å². The highest BCUT2D eigenvalue weighted by molar-refractivity contribution is 5.96. The lowest BCUT2D eigenvalue weighted by Gasteiger charge is -2.08. The van der Waals surface area contributed by atoms with E-state index in [0.29, 0.717) is 16.8 Å². The molecule has 0 unspecified atom stereocenters. The number of ether oxygens (including phenoxy) is 1. The van der Waals surface area contributed by atoms with Crippen molar-refractivity contribution in [3.8, 4) is 0 Å².